The highest BCUT2D eigenvalue weighted by molar-refractivity contribution is 7.13. The van der Waals surface area contributed by atoms with Crippen molar-refractivity contribution in [2.45, 2.75) is 6.92 Å². The first-order valence-corrected chi connectivity index (χ1v) is 6.25. The molecule has 2 rings (SSSR count). The SMILES string of the molecule is Cc1csc(NC(=O)c2cc(Cl)nc(Cl)c2)n1. The van der Waals surface area contributed by atoms with E-state index in [1.54, 1.807) is 0 Å². The maximum absolute atomic E-state index is 11.8. The van der Waals surface area contributed by atoms with Crippen LogP contribution in [0.25, 0.3) is 0 Å². The summed E-state index contributed by atoms with van der Waals surface area (Å²) in [5.41, 5.74) is 1.21. The normalized spacial score (nSPS) is 10.3. The highest BCUT2D eigenvalue weighted by atomic mass is 35.5. The van der Waals surface area contributed by atoms with Crippen molar-refractivity contribution in [2.24, 2.45) is 0 Å². The van der Waals surface area contributed by atoms with Gasteiger partial charge in [0.15, 0.2) is 5.13 Å². The van der Waals surface area contributed by atoms with Gasteiger partial charge in [0.05, 0.1) is 5.69 Å². The zero-order valence-electron chi connectivity index (χ0n) is 8.70. The van der Waals surface area contributed by atoms with Gasteiger partial charge in [-0.05, 0) is 19.1 Å². The van der Waals surface area contributed by atoms with Crippen molar-refractivity contribution in [1.82, 2.24) is 9.97 Å². The van der Waals surface area contributed by atoms with Crippen LogP contribution in [0.5, 0.6) is 0 Å². The smallest absolute Gasteiger partial charge is 0.257 e. The van der Waals surface area contributed by atoms with Gasteiger partial charge in [0.2, 0.25) is 0 Å². The molecule has 2 heterocycles. The van der Waals surface area contributed by atoms with E-state index in [9.17, 15) is 4.79 Å². The first-order chi connectivity index (χ1) is 8.04. The Kier molecular flexibility index (Phi) is 3.61. The van der Waals surface area contributed by atoms with Gasteiger partial charge >= 0.3 is 0 Å². The van der Waals surface area contributed by atoms with E-state index in [1.807, 2.05) is 12.3 Å². The lowest BCUT2D eigenvalue weighted by molar-refractivity contribution is 0.102. The number of aryl methyl sites for hydroxylation is 1. The molecule has 0 atom stereocenters. The number of hydrogen-bond acceptors (Lipinski definition) is 4. The van der Waals surface area contributed by atoms with E-state index in [0.717, 1.165) is 5.69 Å². The number of carbonyl (C=O) groups excluding carboxylic acids is 1. The third-order valence-electron chi connectivity index (χ3n) is 1.86. The number of pyridine rings is 1. The molecule has 7 heteroatoms. The lowest BCUT2D eigenvalue weighted by Crippen LogP contribution is -2.12. The molecule has 0 aliphatic carbocycles. The largest absolute Gasteiger partial charge is 0.298 e. The standard InChI is InChI=1S/C10H7Cl2N3OS/c1-5-4-17-10(13-5)15-9(16)6-2-7(11)14-8(12)3-6/h2-4H,1H3,(H,13,15,16). The van der Waals surface area contributed by atoms with Gasteiger partial charge in [-0.1, -0.05) is 23.2 Å². The average molecular weight is 288 g/mol. The molecule has 0 saturated carbocycles. The van der Waals surface area contributed by atoms with Crippen LogP contribution in [0.2, 0.25) is 10.3 Å². The van der Waals surface area contributed by atoms with Gasteiger partial charge in [0.1, 0.15) is 10.3 Å². The molecule has 17 heavy (non-hydrogen) atoms. The summed E-state index contributed by atoms with van der Waals surface area (Å²) in [7, 11) is 0. The molecule has 4 nitrogen and oxygen atoms in total. The molecule has 0 aliphatic heterocycles. The first-order valence-electron chi connectivity index (χ1n) is 4.61. The highest BCUT2D eigenvalue weighted by Gasteiger charge is 2.10. The molecule has 0 unspecified atom stereocenters. The monoisotopic (exact) mass is 287 g/mol. The maximum atomic E-state index is 11.8. The summed E-state index contributed by atoms with van der Waals surface area (Å²) < 4.78 is 0. The number of amides is 1. The molecule has 0 aliphatic rings. The molecular weight excluding hydrogens is 281 g/mol. The van der Waals surface area contributed by atoms with Crippen LogP contribution < -0.4 is 5.32 Å². The lowest BCUT2D eigenvalue weighted by atomic mass is 10.2. The quantitative estimate of drug-likeness (QED) is 0.862. The number of nitrogens with one attached hydrogen (secondary N) is 1. The van der Waals surface area contributed by atoms with E-state index in [-0.39, 0.29) is 16.2 Å². The van der Waals surface area contributed by atoms with Gasteiger partial charge in [-0.3, -0.25) is 10.1 Å². The zero-order chi connectivity index (χ0) is 12.4. The number of halogens is 2. The van der Waals surface area contributed by atoms with Crippen LogP contribution >= 0.6 is 34.5 Å². The molecule has 2 aromatic rings. The van der Waals surface area contributed by atoms with E-state index in [2.05, 4.69) is 15.3 Å². The van der Waals surface area contributed by atoms with Gasteiger partial charge in [0.25, 0.3) is 5.91 Å². The minimum absolute atomic E-state index is 0.179. The summed E-state index contributed by atoms with van der Waals surface area (Å²) in [6.45, 7) is 1.85. The van der Waals surface area contributed by atoms with Crippen LogP contribution in [-0.2, 0) is 0 Å². The van der Waals surface area contributed by atoms with Gasteiger partial charge in [-0.2, -0.15) is 0 Å². The Labute approximate surface area is 112 Å². The Bertz CT molecular complexity index is 550. The Morgan fingerprint density at radius 1 is 1.29 bits per heavy atom. The molecule has 88 valence electrons. The summed E-state index contributed by atoms with van der Waals surface area (Å²) >= 11 is 12.8. The Morgan fingerprint density at radius 2 is 1.94 bits per heavy atom. The number of carbonyl (C=O) groups is 1. The maximum Gasteiger partial charge on any atom is 0.257 e. The molecule has 1 N–H and O–H groups in total. The summed E-state index contributed by atoms with van der Waals surface area (Å²) in [6, 6.07) is 2.90. The van der Waals surface area contributed by atoms with Crippen LogP contribution in [-0.4, -0.2) is 15.9 Å². The van der Waals surface area contributed by atoms with Crippen LogP contribution in [0.3, 0.4) is 0 Å². The molecule has 0 spiro atoms. The lowest BCUT2D eigenvalue weighted by Gasteiger charge is -2.02. The number of anilines is 1. The first kappa shape index (κ1) is 12.3. The fraction of sp³-hybridized carbons (Fsp3) is 0.100. The van der Waals surface area contributed by atoms with Crippen molar-refractivity contribution in [3.05, 3.63) is 39.1 Å². The second-order valence-corrected chi connectivity index (χ2v) is 4.88. The summed E-state index contributed by atoms with van der Waals surface area (Å²) in [6.07, 6.45) is 0. The van der Waals surface area contributed by atoms with Crippen molar-refractivity contribution >= 4 is 45.6 Å². The number of thiazole rings is 1. The average Bonchev–Trinajstić information content (AvgIpc) is 2.62. The predicted molar refractivity (Wildman–Crippen MR) is 69.1 cm³/mol. The van der Waals surface area contributed by atoms with Gasteiger partial charge in [0, 0.05) is 10.9 Å². The van der Waals surface area contributed by atoms with Crippen LogP contribution in [0.15, 0.2) is 17.5 Å². The van der Waals surface area contributed by atoms with E-state index in [1.165, 1.54) is 23.5 Å². The Hall–Kier alpha value is -1.17. The third kappa shape index (κ3) is 3.15. The van der Waals surface area contributed by atoms with E-state index >= 15 is 0 Å². The molecule has 0 saturated heterocycles. The number of aromatic nitrogens is 2. The molecular formula is C10H7Cl2N3OS. The minimum Gasteiger partial charge on any atom is -0.298 e. The molecule has 1 amide bonds. The van der Waals surface area contributed by atoms with Crippen molar-refractivity contribution < 1.29 is 4.79 Å². The molecule has 0 fully saturated rings. The predicted octanol–water partition coefficient (Wildman–Crippen LogP) is 3.41. The molecule has 0 bridgehead atoms. The number of hydrogen-bond donors (Lipinski definition) is 1. The van der Waals surface area contributed by atoms with Crippen molar-refractivity contribution in [3.63, 3.8) is 0 Å². The third-order valence-corrected chi connectivity index (χ3v) is 3.13. The second kappa shape index (κ2) is 5.00. The summed E-state index contributed by atoms with van der Waals surface area (Å²) in [5, 5.41) is 5.40. The fourth-order valence-corrected chi connectivity index (χ4v) is 2.32. The van der Waals surface area contributed by atoms with Gasteiger partial charge in [-0.25, -0.2) is 9.97 Å². The van der Waals surface area contributed by atoms with E-state index in [4.69, 9.17) is 23.2 Å². The fourth-order valence-electron chi connectivity index (χ4n) is 1.18. The van der Waals surface area contributed by atoms with E-state index < -0.39 is 0 Å². The zero-order valence-corrected chi connectivity index (χ0v) is 11.0. The Morgan fingerprint density at radius 3 is 2.47 bits per heavy atom. The topological polar surface area (TPSA) is 54.9 Å². The van der Waals surface area contributed by atoms with Crippen LogP contribution in [0.4, 0.5) is 5.13 Å². The highest BCUT2D eigenvalue weighted by Crippen LogP contribution is 2.18. The van der Waals surface area contributed by atoms with E-state index in [0.29, 0.717) is 10.7 Å². The number of nitrogens with zero attached hydrogens (tertiary/aromatic N) is 2. The Balaban J connectivity index is 2.19. The summed E-state index contributed by atoms with van der Waals surface area (Å²) in [4.78, 5) is 19.7. The minimum atomic E-state index is -0.314. The van der Waals surface area contributed by atoms with Crippen molar-refractivity contribution in [3.8, 4) is 0 Å². The van der Waals surface area contributed by atoms with Crippen LogP contribution in [0, 0.1) is 6.92 Å². The van der Waals surface area contributed by atoms with Gasteiger partial charge in [-0.15, -0.1) is 11.3 Å². The van der Waals surface area contributed by atoms with Crippen LogP contribution in [0.1, 0.15) is 16.1 Å². The van der Waals surface area contributed by atoms with Crippen molar-refractivity contribution in [1.29, 1.82) is 0 Å². The van der Waals surface area contributed by atoms with Crippen molar-refractivity contribution in [2.75, 3.05) is 5.32 Å². The number of rotatable bonds is 2. The van der Waals surface area contributed by atoms with Gasteiger partial charge < -0.3 is 0 Å². The second-order valence-electron chi connectivity index (χ2n) is 3.25. The molecule has 0 radical (unpaired) electrons. The molecule has 2 aromatic heterocycles. The summed E-state index contributed by atoms with van der Waals surface area (Å²) in [5.74, 6) is -0.314. The molecule has 0 aromatic carbocycles.